The highest BCUT2D eigenvalue weighted by atomic mass is 16.5. The van der Waals surface area contributed by atoms with E-state index in [4.69, 9.17) is 15.0 Å². The van der Waals surface area contributed by atoms with Crippen LogP contribution < -0.4 is 11.1 Å². The van der Waals surface area contributed by atoms with Crippen LogP contribution in [0.4, 0.5) is 5.82 Å². The molecule has 7 heteroatoms. The van der Waals surface area contributed by atoms with Crippen LogP contribution in [0.5, 0.6) is 0 Å². The summed E-state index contributed by atoms with van der Waals surface area (Å²) in [5.74, 6) is 1.24. The van der Waals surface area contributed by atoms with Gasteiger partial charge in [0.2, 0.25) is 5.91 Å². The number of methoxy groups -OCH3 is 1. The summed E-state index contributed by atoms with van der Waals surface area (Å²) in [6.45, 7) is 2.21. The standard InChI is InChI=1S/C20H28N4O3/c1-13-18(16(12-26-2)27-24-13)15-9-10-17(22-11-15)23-20(25)19(21)14-7-5-3-4-6-8-14/h9-11,14,19H,3-8,12,21H2,1-2H3,(H,22,23,25)/t19-/m0/s1. The fraction of sp³-hybridized carbons (Fsp3) is 0.550. The Bertz CT molecular complexity index is 749. The number of ether oxygens (including phenoxy) is 1. The fourth-order valence-electron chi connectivity index (χ4n) is 3.73. The lowest BCUT2D eigenvalue weighted by Crippen LogP contribution is -2.42. The number of nitrogens with two attached hydrogens (primary N) is 1. The van der Waals surface area contributed by atoms with Gasteiger partial charge in [-0.2, -0.15) is 0 Å². The van der Waals surface area contributed by atoms with Crippen LogP contribution in [0.25, 0.3) is 11.1 Å². The first-order chi connectivity index (χ1) is 13.1. The van der Waals surface area contributed by atoms with Gasteiger partial charge in [0.15, 0.2) is 5.76 Å². The summed E-state index contributed by atoms with van der Waals surface area (Å²) in [4.78, 5) is 16.9. The first-order valence-electron chi connectivity index (χ1n) is 9.57. The van der Waals surface area contributed by atoms with E-state index < -0.39 is 6.04 Å². The number of pyridine rings is 1. The van der Waals surface area contributed by atoms with E-state index in [9.17, 15) is 4.79 Å². The van der Waals surface area contributed by atoms with Crippen molar-refractivity contribution in [1.82, 2.24) is 10.1 Å². The lowest BCUT2D eigenvalue weighted by molar-refractivity contribution is -0.118. The molecule has 2 heterocycles. The number of nitrogens with one attached hydrogen (secondary N) is 1. The third-order valence-electron chi connectivity index (χ3n) is 5.22. The molecule has 3 N–H and O–H groups in total. The highest BCUT2D eigenvalue weighted by Gasteiger charge is 2.25. The Morgan fingerprint density at radius 3 is 2.70 bits per heavy atom. The zero-order valence-electron chi connectivity index (χ0n) is 16.0. The van der Waals surface area contributed by atoms with Gasteiger partial charge in [0, 0.05) is 18.9 Å². The quantitative estimate of drug-likeness (QED) is 0.753. The van der Waals surface area contributed by atoms with Gasteiger partial charge < -0.3 is 20.3 Å². The van der Waals surface area contributed by atoms with Gasteiger partial charge in [0.05, 0.1) is 17.3 Å². The predicted molar refractivity (Wildman–Crippen MR) is 103 cm³/mol. The summed E-state index contributed by atoms with van der Waals surface area (Å²) in [6.07, 6.45) is 8.53. The summed E-state index contributed by atoms with van der Waals surface area (Å²) < 4.78 is 10.5. The number of anilines is 1. The van der Waals surface area contributed by atoms with Gasteiger partial charge in [-0.3, -0.25) is 4.79 Å². The highest BCUT2D eigenvalue weighted by Crippen LogP contribution is 2.28. The maximum atomic E-state index is 12.5. The smallest absolute Gasteiger partial charge is 0.242 e. The van der Waals surface area contributed by atoms with Gasteiger partial charge in [-0.25, -0.2) is 4.98 Å². The lowest BCUT2D eigenvalue weighted by Gasteiger charge is -2.21. The van der Waals surface area contributed by atoms with Crippen LogP contribution in [0.2, 0.25) is 0 Å². The van der Waals surface area contributed by atoms with Crippen molar-refractivity contribution in [3.05, 3.63) is 29.8 Å². The van der Waals surface area contributed by atoms with Crippen molar-refractivity contribution in [2.45, 2.75) is 58.1 Å². The molecule has 1 aliphatic carbocycles. The topological polar surface area (TPSA) is 103 Å². The van der Waals surface area contributed by atoms with Crippen LogP contribution >= 0.6 is 0 Å². The first kappa shape index (κ1) is 19.5. The Morgan fingerprint density at radius 2 is 2.07 bits per heavy atom. The van der Waals surface area contributed by atoms with Crippen LogP contribution in [0.1, 0.15) is 50.0 Å². The van der Waals surface area contributed by atoms with E-state index in [0.29, 0.717) is 18.2 Å². The number of hydrogen-bond donors (Lipinski definition) is 2. The van der Waals surface area contributed by atoms with E-state index in [-0.39, 0.29) is 11.8 Å². The van der Waals surface area contributed by atoms with Crippen molar-refractivity contribution < 1.29 is 14.1 Å². The van der Waals surface area contributed by atoms with E-state index in [1.165, 1.54) is 12.8 Å². The molecule has 3 rings (SSSR count). The fourth-order valence-corrected chi connectivity index (χ4v) is 3.73. The Labute approximate surface area is 159 Å². The van der Waals surface area contributed by atoms with Crippen LogP contribution in [0, 0.1) is 12.8 Å². The molecule has 0 spiro atoms. The molecule has 1 saturated carbocycles. The zero-order chi connectivity index (χ0) is 19.2. The average molecular weight is 372 g/mol. The Balaban J connectivity index is 1.67. The summed E-state index contributed by atoms with van der Waals surface area (Å²) in [5.41, 5.74) is 8.73. The molecule has 0 saturated heterocycles. The van der Waals surface area contributed by atoms with Gasteiger partial charge in [-0.15, -0.1) is 0 Å². The average Bonchev–Trinajstić information content (AvgIpc) is 2.87. The molecule has 0 radical (unpaired) electrons. The second-order valence-electron chi connectivity index (χ2n) is 7.20. The Kier molecular flexibility index (Phi) is 6.58. The summed E-state index contributed by atoms with van der Waals surface area (Å²) >= 11 is 0. The van der Waals surface area contributed by atoms with E-state index in [1.54, 1.807) is 19.4 Å². The third-order valence-corrected chi connectivity index (χ3v) is 5.22. The van der Waals surface area contributed by atoms with Crippen molar-refractivity contribution in [2.24, 2.45) is 11.7 Å². The van der Waals surface area contributed by atoms with Gasteiger partial charge in [-0.05, 0) is 37.8 Å². The number of rotatable bonds is 6. The van der Waals surface area contributed by atoms with Gasteiger partial charge in [0.1, 0.15) is 12.4 Å². The molecule has 27 heavy (non-hydrogen) atoms. The molecule has 2 aromatic rings. The molecule has 0 aliphatic heterocycles. The number of nitrogens with zero attached hydrogens (tertiary/aromatic N) is 2. The molecular formula is C20H28N4O3. The SMILES string of the molecule is COCc1onc(C)c1-c1ccc(NC(=O)[C@@H](N)C2CCCCCC2)nc1. The minimum Gasteiger partial charge on any atom is -0.377 e. The third kappa shape index (κ3) is 4.73. The number of carbonyl (C=O) groups excluding carboxylic acids is 1. The zero-order valence-corrected chi connectivity index (χ0v) is 16.0. The van der Waals surface area contributed by atoms with Crippen molar-refractivity contribution in [3.63, 3.8) is 0 Å². The van der Waals surface area contributed by atoms with Crippen molar-refractivity contribution in [1.29, 1.82) is 0 Å². The molecule has 1 atom stereocenters. The normalized spacial score (nSPS) is 16.7. The highest BCUT2D eigenvalue weighted by molar-refractivity contribution is 5.94. The number of hydrogen-bond acceptors (Lipinski definition) is 6. The van der Waals surface area contributed by atoms with Crippen molar-refractivity contribution in [3.8, 4) is 11.1 Å². The molecule has 0 bridgehead atoms. The van der Waals surface area contributed by atoms with E-state index >= 15 is 0 Å². The minimum absolute atomic E-state index is 0.164. The molecule has 1 fully saturated rings. The first-order valence-corrected chi connectivity index (χ1v) is 9.57. The molecule has 0 unspecified atom stereocenters. The maximum absolute atomic E-state index is 12.5. The van der Waals surface area contributed by atoms with Gasteiger partial charge in [0.25, 0.3) is 0 Å². The van der Waals surface area contributed by atoms with Crippen molar-refractivity contribution >= 4 is 11.7 Å². The number of aryl methyl sites for hydroxylation is 1. The van der Waals surface area contributed by atoms with Crippen molar-refractivity contribution in [2.75, 3.05) is 12.4 Å². The Morgan fingerprint density at radius 1 is 1.33 bits per heavy atom. The summed E-state index contributed by atoms with van der Waals surface area (Å²) in [7, 11) is 1.61. The van der Waals surface area contributed by atoms with E-state index in [0.717, 1.165) is 42.5 Å². The molecule has 2 aromatic heterocycles. The minimum atomic E-state index is -0.488. The number of amides is 1. The van der Waals surface area contributed by atoms with Crippen LogP contribution in [0.15, 0.2) is 22.9 Å². The lowest BCUT2D eigenvalue weighted by atomic mass is 9.92. The van der Waals surface area contributed by atoms with Crippen LogP contribution in [-0.2, 0) is 16.1 Å². The largest absolute Gasteiger partial charge is 0.377 e. The van der Waals surface area contributed by atoms with Gasteiger partial charge >= 0.3 is 0 Å². The summed E-state index contributed by atoms with van der Waals surface area (Å²) in [5, 5.41) is 6.84. The monoisotopic (exact) mass is 372 g/mol. The second-order valence-corrected chi connectivity index (χ2v) is 7.20. The van der Waals surface area contributed by atoms with Crippen LogP contribution in [-0.4, -0.2) is 29.2 Å². The number of carbonyl (C=O) groups is 1. The molecule has 1 amide bonds. The predicted octanol–water partition coefficient (Wildman–Crippen LogP) is 3.43. The number of aromatic nitrogens is 2. The maximum Gasteiger partial charge on any atom is 0.242 e. The Hall–Kier alpha value is -2.25. The summed E-state index contributed by atoms with van der Waals surface area (Å²) in [6, 6.07) is 3.17. The van der Waals surface area contributed by atoms with Gasteiger partial charge in [-0.1, -0.05) is 30.8 Å². The molecule has 0 aromatic carbocycles. The molecular weight excluding hydrogens is 344 g/mol. The van der Waals surface area contributed by atoms with Crippen LogP contribution in [0.3, 0.4) is 0 Å². The van der Waals surface area contributed by atoms with E-state index in [2.05, 4.69) is 15.5 Å². The van der Waals surface area contributed by atoms with E-state index in [1.807, 2.05) is 13.0 Å². The molecule has 146 valence electrons. The molecule has 1 aliphatic rings. The second kappa shape index (κ2) is 9.10. The molecule has 7 nitrogen and oxygen atoms in total.